The fraction of sp³-hybridized carbons (Fsp3) is 0.900. The highest BCUT2D eigenvalue weighted by Gasteiger charge is 2.31. The van der Waals surface area contributed by atoms with E-state index in [4.69, 9.17) is 4.74 Å². The number of β-amino-alcohol motifs (C(OH)–C–C–N with tert-alkyl or cyclic N) is 1. The summed E-state index contributed by atoms with van der Waals surface area (Å²) in [6.07, 6.45) is 0.734. The molecule has 1 unspecified atom stereocenters. The predicted molar refractivity (Wildman–Crippen MR) is 56.6 cm³/mol. The van der Waals surface area contributed by atoms with Crippen molar-refractivity contribution in [2.24, 2.45) is 0 Å². The molecule has 2 N–H and O–H groups in total. The summed E-state index contributed by atoms with van der Waals surface area (Å²) in [5.41, 5.74) is -0.632. The van der Waals surface area contributed by atoms with Crippen LogP contribution in [-0.4, -0.2) is 61.4 Å². The van der Waals surface area contributed by atoms with Crippen LogP contribution in [0.2, 0.25) is 0 Å². The van der Waals surface area contributed by atoms with Crippen molar-refractivity contribution in [2.45, 2.75) is 18.9 Å². The first-order valence-electron chi connectivity index (χ1n) is 5.24. The topological polar surface area (TPSA) is 61.8 Å². The first-order valence-corrected chi connectivity index (χ1v) is 5.24. The van der Waals surface area contributed by atoms with Gasteiger partial charge in [-0.25, -0.2) is 0 Å². The maximum atomic E-state index is 11.4. The molecule has 0 aromatic heterocycles. The van der Waals surface area contributed by atoms with Crippen LogP contribution in [0.15, 0.2) is 0 Å². The summed E-state index contributed by atoms with van der Waals surface area (Å²) in [6, 6.07) is 0. The Bertz CT molecular complexity index is 219. The van der Waals surface area contributed by atoms with Gasteiger partial charge in [-0.05, 0) is 13.3 Å². The zero-order chi connectivity index (χ0) is 11.3. The van der Waals surface area contributed by atoms with Crippen molar-refractivity contribution >= 4 is 5.91 Å². The summed E-state index contributed by atoms with van der Waals surface area (Å²) in [6.45, 7) is 4.59. The van der Waals surface area contributed by atoms with E-state index < -0.39 is 5.60 Å². The number of nitrogens with one attached hydrogen (secondary N) is 1. The Morgan fingerprint density at radius 3 is 2.93 bits per heavy atom. The van der Waals surface area contributed by atoms with Gasteiger partial charge in [0.05, 0.1) is 18.8 Å². The molecule has 1 aliphatic heterocycles. The van der Waals surface area contributed by atoms with Crippen LogP contribution < -0.4 is 5.32 Å². The van der Waals surface area contributed by atoms with Gasteiger partial charge in [-0.2, -0.15) is 0 Å². The molecule has 0 bridgehead atoms. The predicted octanol–water partition coefficient (Wildman–Crippen LogP) is -0.794. The Labute approximate surface area is 90.4 Å². The number of carbonyl (C=O) groups excluding carboxylic acids is 1. The molecule has 1 amide bonds. The van der Waals surface area contributed by atoms with Crippen LogP contribution in [-0.2, 0) is 9.53 Å². The molecule has 0 spiro atoms. The van der Waals surface area contributed by atoms with Crippen molar-refractivity contribution in [3.05, 3.63) is 0 Å². The van der Waals surface area contributed by atoms with E-state index in [9.17, 15) is 9.90 Å². The van der Waals surface area contributed by atoms with Crippen molar-refractivity contribution < 1.29 is 14.6 Å². The van der Waals surface area contributed by atoms with Gasteiger partial charge in [0.1, 0.15) is 0 Å². The number of carbonyl (C=O) groups is 1. The first-order chi connectivity index (χ1) is 7.03. The van der Waals surface area contributed by atoms with Crippen LogP contribution in [0.5, 0.6) is 0 Å². The lowest BCUT2D eigenvalue weighted by Gasteiger charge is -2.18. The van der Waals surface area contributed by atoms with Crippen LogP contribution >= 0.6 is 0 Å². The van der Waals surface area contributed by atoms with Gasteiger partial charge in [-0.15, -0.1) is 0 Å². The number of nitrogens with zero attached hydrogens (tertiary/aromatic N) is 1. The summed E-state index contributed by atoms with van der Waals surface area (Å²) in [5, 5.41) is 12.4. The van der Waals surface area contributed by atoms with Crippen molar-refractivity contribution in [3.8, 4) is 0 Å². The SMILES string of the molecule is COCCNC(=O)CN1CCC(C)(O)C1. The molecule has 0 saturated carbocycles. The third-order valence-corrected chi connectivity index (χ3v) is 2.53. The summed E-state index contributed by atoms with van der Waals surface area (Å²) in [5.74, 6) is -0.00949. The molecule has 1 heterocycles. The second-order valence-corrected chi connectivity index (χ2v) is 4.30. The zero-order valence-corrected chi connectivity index (χ0v) is 9.45. The van der Waals surface area contributed by atoms with Crippen LogP contribution in [0.25, 0.3) is 0 Å². The minimum atomic E-state index is -0.632. The second-order valence-electron chi connectivity index (χ2n) is 4.30. The van der Waals surface area contributed by atoms with Crippen LogP contribution in [0.1, 0.15) is 13.3 Å². The average molecular weight is 216 g/mol. The lowest BCUT2D eigenvalue weighted by Crippen LogP contribution is -2.39. The minimum Gasteiger partial charge on any atom is -0.389 e. The summed E-state index contributed by atoms with van der Waals surface area (Å²) >= 11 is 0. The monoisotopic (exact) mass is 216 g/mol. The number of methoxy groups -OCH3 is 1. The first kappa shape index (κ1) is 12.4. The third kappa shape index (κ3) is 4.59. The molecule has 0 radical (unpaired) electrons. The molecule has 0 aromatic carbocycles. The molecule has 5 nitrogen and oxygen atoms in total. The number of likely N-dealkylation sites (tertiary alicyclic amines) is 1. The summed E-state index contributed by atoms with van der Waals surface area (Å²) < 4.78 is 4.83. The molecule has 0 aliphatic carbocycles. The molecule has 88 valence electrons. The van der Waals surface area contributed by atoms with Gasteiger partial charge >= 0.3 is 0 Å². The Morgan fingerprint density at radius 2 is 2.40 bits per heavy atom. The van der Waals surface area contributed by atoms with Crippen molar-refractivity contribution in [1.29, 1.82) is 0 Å². The van der Waals surface area contributed by atoms with Crippen molar-refractivity contribution in [1.82, 2.24) is 10.2 Å². The smallest absolute Gasteiger partial charge is 0.234 e. The number of rotatable bonds is 5. The molecule has 1 aliphatic rings. The Morgan fingerprint density at radius 1 is 1.67 bits per heavy atom. The van der Waals surface area contributed by atoms with Gasteiger partial charge in [0, 0.05) is 26.7 Å². The molecule has 5 heteroatoms. The lowest BCUT2D eigenvalue weighted by atomic mass is 10.1. The molecule has 1 atom stereocenters. The fourth-order valence-corrected chi connectivity index (χ4v) is 1.73. The van der Waals surface area contributed by atoms with Crippen molar-refractivity contribution in [2.75, 3.05) is 39.9 Å². The molecule has 1 fully saturated rings. The molecule has 1 rings (SSSR count). The van der Waals surface area contributed by atoms with E-state index in [-0.39, 0.29) is 5.91 Å². The highest BCUT2D eigenvalue weighted by atomic mass is 16.5. The number of hydrogen-bond donors (Lipinski definition) is 2. The highest BCUT2D eigenvalue weighted by Crippen LogP contribution is 2.19. The van der Waals surface area contributed by atoms with E-state index in [0.717, 1.165) is 13.0 Å². The molecule has 15 heavy (non-hydrogen) atoms. The van der Waals surface area contributed by atoms with E-state index >= 15 is 0 Å². The van der Waals surface area contributed by atoms with E-state index in [1.165, 1.54) is 0 Å². The average Bonchev–Trinajstić information content (AvgIpc) is 2.46. The van der Waals surface area contributed by atoms with E-state index in [0.29, 0.717) is 26.2 Å². The van der Waals surface area contributed by atoms with Crippen LogP contribution in [0, 0.1) is 0 Å². The molecular formula is C10H20N2O3. The largest absolute Gasteiger partial charge is 0.389 e. The van der Waals surface area contributed by atoms with Gasteiger partial charge < -0.3 is 15.2 Å². The maximum absolute atomic E-state index is 11.4. The summed E-state index contributed by atoms with van der Waals surface area (Å²) in [4.78, 5) is 13.4. The standard InChI is InChI=1S/C10H20N2O3/c1-10(14)3-5-12(8-10)7-9(13)11-4-6-15-2/h14H,3-8H2,1-2H3,(H,11,13). The van der Waals surface area contributed by atoms with Gasteiger partial charge in [-0.1, -0.05) is 0 Å². The number of hydrogen-bond acceptors (Lipinski definition) is 4. The third-order valence-electron chi connectivity index (χ3n) is 2.53. The van der Waals surface area contributed by atoms with E-state index in [2.05, 4.69) is 5.32 Å². The second kappa shape index (κ2) is 5.44. The molecule has 0 aromatic rings. The quantitative estimate of drug-likeness (QED) is 0.591. The normalized spacial score (nSPS) is 26.9. The zero-order valence-electron chi connectivity index (χ0n) is 9.45. The summed E-state index contributed by atoms with van der Waals surface area (Å²) in [7, 11) is 1.60. The van der Waals surface area contributed by atoms with Crippen LogP contribution in [0.4, 0.5) is 0 Å². The van der Waals surface area contributed by atoms with Gasteiger partial charge in [0.2, 0.25) is 5.91 Å². The molecule has 1 saturated heterocycles. The number of aliphatic hydroxyl groups is 1. The Balaban J connectivity index is 2.16. The van der Waals surface area contributed by atoms with E-state index in [1.54, 1.807) is 14.0 Å². The molecular weight excluding hydrogens is 196 g/mol. The Hall–Kier alpha value is -0.650. The van der Waals surface area contributed by atoms with Gasteiger partial charge in [0.15, 0.2) is 0 Å². The Kier molecular flexibility index (Phi) is 4.50. The van der Waals surface area contributed by atoms with Crippen LogP contribution in [0.3, 0.4) is 0 Å². The highest BCUT2D eigenvalue weighted by molar-refractivity contribution is 5.78. The maximum Gasteiger partial charge on any atom is 0.234 e. The van der Waals surface area contributed by atoms with Crippen molar-refractivity contribution in [3.63, 3.8) is 0 Å². The lowest BCUT2D eigenvalue weighted by molar-refractivity contribution is -0.122. The van der Waals surface area contributed by atoms with E-state index in [1.807, 2.05) is 4.90 Å². The van der Waals surface area contributed by atoms with Gasteiger partial charge in [-0.3, -0.25) is 9.69 Å². The number of ether oxygens (including phenoxy) is 1. The fourth-order valence-electron chi connectivity index (χ4n) is 1.73. The number of amides is 1. The van der Waals surface area contributed by atoms with Gasteiger partial charge in [0.25, 0.3) is 0 Å². The minimum absolute atomic E-state index is 0.00949.